The first-order valence-corrected chi connectivity index (χ1v) is 7.65. The number of benzene rings is 1. The van der Waals surface area contributed by atoms with E-state index >= 15 is 0 Å². The Kier molecular flexibility index (Phi) is 5.08. The van der Waals surface area contributed by atoms with Gasteiger partial charge >= 0.3 is 5.97 Å². The van der Waals surface area contributed by atoms with Gasteiger partial charge in [0.05, 0.1) is 10.5 Å². The monoisotopic (exact) mass is 297 g/mol. The zero-order valence-corrected chi connectivity index (χ0v) is 12.7. The van der Waals surface area contributed by atoms with Gasteiger partial charge in [-0.1, -0.05) is 13.0 Å². The summed E-state index contributed by atoms with van der Waals surface area (Å²) >= 11 is 0. The number of hydrogen-bond donors (Lipinski definition) is 1. The average Bonchev–Trinajstić information content (AvgIpc) is 2.38. The van der Waals surface area contributed by atoms with Crippen molar-refractivity contribution >= 4 is 16.0 Å². The third kappa shape index (κ3) is 3.08. The van der Waals surface area contributed by atoms with Crippen LogP contribution in [0.1, 0.15) is 28.4 Å². The van der Waals surface area contributed by atoms with Gasteiger partial charge in [0.15, 0.2) is 0 Å². The summed E-state index contributed by atoms with van der Waals surface area (Å²) in [5.41, 5.74) is 1.18. The molecule has 5 nitrogen and oxygen atoms in total. The summed E-state index contributed by atoms with van der Waals surface area (Å²) in [6.07, 6.45) is 1.50. The number of sulfonamides is 1. The van der Waals surface area contributed by atoms with Crippen LogP contribution in [0.4, 0.5) is 0 Å². The minimum atomic E-state index is -3.72. The van der Waals surface area contributed by atoms with Gasteiger partial charge in [0, 0.05) is 13.1 Å². The number of hydrogen-bond acceptors (Lipinski definition) is 3. The lowest BCUT2D eigenvalue weighted by Crippen LogP contribution is -2.31. The molecule has 1 aromatic carbocycles. The Morgan fingerprint density at radius 1 is 1.40 bits per heavy atom. The number of aryl methyl sites for hydroxylation is 1. The molecule has 0 atom stereocenters. The van der Waals surface area contributed by atoms with Gasteiger partial charge in [-0.15, -0.1) is 6.58 Å². The van der Waals surface area contributed by atoms with E-state index in [0.29, 0.717) is 17.7 Å². The Balaban J connectivity index is 3.51. The number of nitrogens with zero attached hydrogens (tertiary/aromatic N) is 1. The van der Waals surface area contributed by atoms with Crippen LogP contribution < -0.4 is 0 Å². The first-order chi connectivity index (χ1) is 9.25. The largest absolute Gasteiger partial charge is 0.478 e. The van der Waals surface area contributed by atoms with Gasteiger partial charge in [0.25, 0.3) is 0 Å². The smallest absolute Gasteiger partial charge is 0.335 e. The van der Waals surface area contributed by atoms with E-state index in [1.54, 1.807) is 20.8 Å². The number of carboxylic acid groups (broad SMARTS) is 1. The van der Waals surface area contributed by atoms with Crippen LogP contribution in [0.2, 0.25) is 0 Å². The first-order valence-electron chi connectivity index (χ1n) is 6.21. The van der Waals surface area contributed by atoms with Crippen LogP contribution in [0.25, 0.3) is 0 Å². The molecule has 0 fully saturated rings. The Morgan fingerprint density at radius 3 is 2.45 bits per heavy atom. The zero-order valence-electron chi connectivity index (χ0n) is 11.9. The van der Waals surface area contributed by atoms with Crippen LogP contribution in [0.15, 0.2) is 29.7 Å². The molecule has 0 saturated carbocycles. The lowest BCUT2D eigenvalue weighted by atomic mass is 10.1. The Labute approximate surface area is 119 Å². The summed E-state index contributed by atoms with van der Waals surface area (Å²) in [4.78, 5) is 11.1. The summed E-state index contributed by atoms with van der Waals surface area (Å²) in [6, 6.07) is 2.69. The lowest BCUT2D eigenvalue weighted by molar-refractivity contribution is 0.0696. The Bertz CT molecular complexity index is 635. The molecule has 1 rings (SSSR count). The van der Waals surface area contributed by atoms with E-state index in [0.717, 1.165) is 0 Å². The predicted octanol–water partition coefficient (Wildman–Crippen LogP) is 2.20. The van der Waals surface area contributed by atoms with Gasteiger partial charge in [0.1, 0.15) is 0 Å². The summed E-state index contributed by atoms with van der Waals surface area (Å²) < 4.78 is 26.4. The molecule has 0 bridgehead atoms. The molecule has 0 aliphatic rings. The van der Waals surface area contributed by atoms with E-state index in [1.807, 2.05) is 0 Å². The van der Waals surface area contributed by atoms with Gasteiger partial charge in [-0.3, -0.25) is 0 Å². The fourth-order valence-corrected chi connectivity index (χ4v) is 3.64. The minimum absolute atomic E-state index is 0.0265. The van der Waals surface area contributed by atoms with Gasteiger partial charge in [-0.25, -0.2) is 13.2 Å². The van der Waals surface area contributed by atoms with E-state index in [2.05, 4.69) is 6.58 Å². The number of carboxylic acids is 1. The fourth-order valence-electron chi connectivity index (χ4n) is 1.90. The van der Waals surface area contributed by atoms with Crippen molar-refractivity contribution in [3.63, 3.8) is 0 Å². The zero-order chi connectivity index (χ0) is 15.5. The van der Waals surface area contributed by atoms with E-state index in [1.165, 1.54) is 22.5 Å². The van der Waals surface area contributed by atoms with Crippen molar-refractivity contribution < 1.29 is 18.3 Å². The van der Waals surface area contributed by atoms with Crippen molar-refractivity contribution in [3.05, 3.63) is 41.5 Å². The maximum atomic E-state index is 12.6. The molecule has 0 heterocycles. The highest BCUT2D eigenvalue weighted by atomic mass is 32.2. The molecule has 0 saturated heterocycles. The highest BCUT2D eigenvalue weighted by Gasteiger charge is 2.26. The maximum absolute atomic E-state index is 12.6. The highest BCUT2D eigenvalue weighted by molar-refractivity contribution is 7.89. The second-order valence-corrected chi connectivity index (χ2v) is 6.37. The molecule has 0 aliphatic carbocycles. The summed E-state index contributed by atoms with van der Waals surface area (Å²) in [7, 11) is -3.72. The van der Waals surface area contributed by atoms with Crippen molar-refractivity contribution in [2.24, 2.45) is 0 Å². The Hall–Kier alpha value is -1.66. The van der Waals surface area contributed by atoms with Gasteiger partial charge in [-0.2, -0.15) is 4.31 Å². The quantitative estimate of drug-likeness (QED) is 0.817. The predicted molar refractivity (Wildman–Crippen MR) is 77.5 cm³/mol. The highest BCUT2D eigenvalue weighted by Crippen LogP contribution is 2.24. The van der Waals surface area contributed by atoms with E-state index in [9.17, 15) is 13.2 Å². The normalized spacial score (nSPS) is 11.6. The van der Waals surface area contributed by atoms with Crippen molar-refractivity contribution in [1.82, 2.24) is 4.31 Å². The fraction of sp³-hybridized carbons (Fsp3) is 0.357. The van der Waals surface area contributed by atoms with Gasteiger partial charge in [-0.05, 0) is 37.1 Å². The molecule has 0 aliphatic heterocycles. The van der Waals surface area contributed by atoms with Gasteiger partial charge in [0.2, 0.25) is 10.0 Å². The molecule has 0 spiro atoms. The van der Waals surface area contributed by atoms with Crippen molar-refractivity contribution in [2.75, 3.05) is 13.1 Å². The molecule has 0 unspecified atom stereocenters. The lowest BCUT2D eigenvalue weighted by Gasteiger charge is -2.21. The molecule has 6 heteroatoms. The molecule has 0 radical (unpaired) electrons. The third-order valence-corrected chi connectivity index (χ3v) is 5.24. The van der Waals surface area contributed by atoms with Crippen molar-refractivity contribution in [3.8, 4) is 0 Å². The molecule has 0 aromatic heterocycles. The van der Waals surface area contributed by atoms with Crippen LogP contribution in [-0.4, -0.2) is 36.9 Å². The summed E-state index contributed by atoms with van der Waals surface area (Å²) in [5, 5.41) is 9.06. The molecule has 20 heavy (non-hydrogen) atoms. The average molecular weight is 297 g/mol. The number of carbonyl (C=O) groups is 1. The first kappa shape index (κ1) is 16.4. The molecular weight excluding hydrogens is 278 g/mol. The van der Waals surface area contributed by atoms with E-state index < -0.39 is 16.0 Å². The summed E-state index contributed by atoms with van der Waals surface area (Å²) in [5.74, 6) is -1.14. The van der Waals surface area contributed by atoms with Crippen molar-refractivity contribution in [1.29, 1.82) is 0 Å². The van der Waals surface area contributed by atoms with E-state index in [-0.39, 0.29) is 17.0 Å². The number of likely N-dealkylation sites (N-methyl/N-ethyl adjacent to an activating group) is 1. The van der Waals surface area contributed by atoms with Crippen molar-refractivity contribution in [2.45, 2.75) is 25.7 Å². The number of aromatic carboxylic acids is 1. The minimum Gasteiger partial charge on any atom is -0.478 e. The Morgan fingerprint density at radius 2 is 2.00 bits per heavy atom. The van der Waals surface area contributed by atoms with Crippen LogP contribution in [0.3, 0.4) is 0 Å². The second kappa shape index (κ2) is 6.19. The summed E-state index contributed by atoms with van der Waals surface area (Å²) in [6.45, 7) is 9.13. The second-order valence-electron chi connectivity index (χ2n) is 4.47. The maximum Gasteiger partial charge on any atom is 0.335 e. The molecular formula is C14H19NO4S. The van der Waals surface area contributed by atoms with Gasteiger partial charge < -0.3 is 5.11 Å². The standard InChI is InChI=1S/C14H19NO4S/c1-5-7-15(6-2)20(18,19)13-9-12(14(16)17)8-10(3)11(13)4/h5,8-9H,1,6-7H2,2-4H3,(H,16,17). The van der Waals surface area contributed by atoms with Crippen LogP contribution in [-0.2, 0) is 10.0 Å². The van der Waals surface area contributed by atoms with Crippen LogP contribution in [0, 0.1) is 13.8 Å². The molecule has 1 aromatic rings. The SMILES string of the molecule is C=CCN(CC)S(=O)(=O)c1cc(C(=O)O)cc(C)c1C. The molecule has 110 valence electrons. The van der Waals surface area contributed by atoms with E-state index in [4.69, 9.17) is 5.11 Å². The van der Waals surface area contributed by atoms with Crippen LogP contribution >= 0.6 is 0 Å². The van der Waals surface area contributed by atoms with Crippen LogP contribution in [0.5, 0.6) is 0 Å². The number of rotatable bonds is 6. The topological polar surface area (TPSA) is 74.7 Å². The molecule has 1 N–H and O–H groups in total. The third-order valence-electron chi connectivity index (χ3n) is 3.17. The molecule has 0 amide bonds.